The molecule has 3 aliphatic heterocycles. The third-order valence-electron chi connectivity index (χ3n) is 7.02. The van der Waals surface area contributed by atoms with Gasteiger partial charge >= 0.3 is 0 Å². The molecule has 1 aromatic rings. The highest BCUT2D eigenvalue weighted by atomic mass is 16.2. The summed E-state index contributed by atoms with van der Waals surface area (Å²) in [6.07, 6.45) is 2.39. The average molecular weight is 424 g/mol. The number of hydrogen-bond donors (Lipinski definition) is 1. The maximum atomic E-state index is 13.1. The minimum atomic E-state index is -0.468. The van der Waals surface area contributed by atoms with Crippen molar-refractivity contribution in [2.75, 3.05) is 19.6 Å². The van der Waals surface area contributed by atoms with Crippen molar-refractivity contribution in [2.24, 2.45) is 11.7 Å². The highest BCUT2D eigenvalue weighted by Gasteiger charge is 2.51. The molecule has 1 aromatic carbocycles. The number of benzene rings is 1. The zero-order chi connectivity index (χ0) is 22.3. The van der Waals surface area contributed by atoms with Gasteiger partial charge in [-0.1, -0.05) is 19.1 Å². The Labute approximate surface area is 182 Å². The Morgan fingerprint density at radius 2 is 1.97 bits per heavy atom. The van der Waals surface area contributed by atoms with Gasteiger partial charge in [0.1, 0.15) is 6.04 Å². The third-order valence-corrected chi connectivity index (χ3v) is 7.02. The van der Waals surface area contributed by atoms with E-state index in [1.165, 1.54) is 0 Å². The maximum absolute atomic E-state index is 13.1. The number of carbonyl (C=O) groups is 3. The van der Waals surface area contributed by atoms with Gasteiger partial charge in [-0.05, 0) is 43.9 Å². The van der Waals surface area contributed by atoms with E-state index >= 15 is 0 Å². The van der Waals surface area contributed by atoms with Gasteiger partial charge in [0.25, 0.3) is 0 Å². The molecule has 3 fully saturated rings. The fraction of sp³-hybridized carbons (Fsp3) is 0.565. The number of carbonyl (C=O) groups excluding carboxylic acids is 3. The van der Waals surface area contributed by atoms with Crippen molar-refractivity contribution in [3.05, 3.63) is 35.4 Å². The summed E-state index contributed by atoms with van der Waals surface area (Å²) in [4.78, 5) is 43.1. The third kappa shape index (κ3) is 3.79. The first-order chi connectivity index (χ1) is 14.8. The second-order valence-corrected chi connectivity index (χ2v) is 8.99. The van der Waals surface area contributed by atoms with Crippen molar-refractivity contribution in [3.8, 4) is 6.07 Å². The van der Waals surface area contributed by atoms with Crippen LogP contribution in [0.2, 0.25) is 0 Å². The minimum Gasteiger partial charge on any atom is -0.366 e. The van der Waals surface area contributed by atoms with E-state index in [4.69, 9.17) is 5.73 Å². The summed E-state index contributed by atoms with van der Waals surface area (Å²) in [5.41, 5.74) is 6.73. The fourth-order valence-corrected chi connectivity index (χ4v) is 5.36. The number of hydrogen-bond acceptors (Lipinski definition) is 5. The standard InChI is InChI=1S/C23H29N5O3/c1-14(22(30)27-9-3-4-18(27)11-24)12-26-13-19-10-20(26)23(31)28(19)15(2)16-5-7-17(8-6-16)21(25)29/h5-8,14-15,18-20H,3-4,9-10,12-13H2,1-2H3,(H2,25,29)/t14-,15-,18-,19+,20+/m0/s1. The quantitative estimate of drug-likeness (QED) is 0.741. The molecule has 8 nitrogen and oxygen atoms in total. The van der Waals surface area contributed by atoms with Crippen molar-refractivity contribution < 1.29 is 14.4 Å². The molecule has 0 radical (unpaired) electrons. The minimum absolute atomic E-state index is 0.0130. The van der Waals surface area contributed by atoms with Gasteiger partial charge < -0.3 is 15.5 Å². The zero-order valence-corrected chi connectivity index (χ0v) is 18.0. The Hall–Kier alpha value is -2.92. The van der Waals surface area contributed by atoms with E-state index in [-0.39, 0.29) is 41.9 Å². The molecule has 0 aliphatic carbocycles. The summed E-state index contributed by atoms with van der Waals surface area (Å²) in [5, 5.41) is 9.26. The van der Waals surface area contributed by atoms with Gasteiger partial charge in [0.2, 0.25) is 17.7 Å². The van der Waals surface area contributed by atoms with E-state index in [9.17, 15) is 19.6 Å². The lowest BCUT2D eigenvalue weighted by Crippen LogP contribution is -2.53. The van der Waals surface area contributed by atoms with Crippen molar-refractivity contribution in [3.63, 3.8) is 0 Å². The Morgan fingerprint density at radius 3 is 2.58 bits per heavy atom. The monoisotopic (exact) mass is 423 g/mol. The molecule has 8 heteroatoms. The molecule has 0 unspecified atom stereocenters. The lowest BCUT2D eigenvalue weighted by atomic mass is 10.0. The second kappa shape index (κ2) is 8.31. The highest BCUT2D eigenvalue weighted by molar-refractivity contribution is 5.92. The Balaban J connectivity index is 1.39. The van der Waals surface area contributed by atoms with Crippen LogP contribution in [0.1, 0.15) is 55.1 Å². The maximum Gasteiger partial charge on any atom is 0.248 e. The lowest BCUT2D eigenvalue weighted by Gasteiger charge is -2.38. The number of nitrogens with two attached hydrogens (primary N) is 1. The van der Waals surface area contributed by atoms with E-state index in [2.05, 4.69) is 11.0 Å². The largest absolute Gasteiger partial charge is 0.366 e. The molecule has 2 bridgehead atoms. The molecule has 31 heavy (non-hydrogen) atoms. The van der Waals surface area contributed by atoms with Crippen LogP contribution in [0.3, 0.4) is 0 Å². The van der Waals surface area contributed by atoms with Crippen LogP contribution in [0, 0.1) is 17.2 Å². The van der Waals surface area contributed by atoms with Gasteiger partial charge in [-0.25, -0.2) is 0 Å². The first-order valence-electron chi connectivity index (χ1n) is 11.0. The smallest absolute Gasteiger partial charge is 0.248 e. The molecule has 164 valence electrons. The van der Waals surface area contributed by atoms with Crippen LogP contribution in [0.5, 0.6) is 0 Å². The van der Waals surface area contributed by atoms with Gasteiger partial charge in [-0.15, -0.1) is 0 Å². The van der Waals surface area contributed by atoms with Crippen LogP contribution < -0.4 is 5.73 Å². The predicted molar refractivity (Wildman–Crippen MR) is 113 cm³/mol. The molecule has 2 N–H and O–H groups in total. The van der Waals surface area contributed by atoms with Gasteiger partial charge in [0, 0.05) is 37.2 Å². The van der Waals surface area contributed by atoms with Gasteiger partial charge in [-0.2, -0.15) is 5.26 Å². The molecule has 0 spiro atoms. The Kier molecular flexibility index (Phi) is 5.71. The first kappa shape index (κ1) is 21.3. The van der Waals surface area contributed by atoms with Crippen molar-refractivity contribution >= 4 is 17.7 Å². The van der Waals surface area contributed by atoms with E-state index < -0.39 is 5.91 Å². The summed E-state index contributed by atoms with van der Waals surface area (Å²) in [6.45, 7) is 5.83. The normalized spacial score (nSPS) is 27.4. The molecule has 0 saturated carbocycles. The lowest BCUT2D eigenvalue weighted by molar-refractivity contribution is -0.142. The van der Waals surface area contributed by atoms with Crippen LogP contribution >= 0.6 is 0 Å². The molecular weight excluding hydrogens is 394 g/mol. The molecule has 3 amide bonds. The van der Waals surface area contributed by atoms with Crippen LogP contribution in [0.25, 0.3) is 0 Å². The summed E-state index contributed by atoms with van der Waals surface area (Å²) in [5.74, 6) is -0.601. The highest BCUT2D eigenvalue weighted by Crippen LogP contribution is 2.38. The van der Waals surface area contributed by atoms with Crippen LogP contribution in [-0.2, 0) is 9.59 Å². The molecule has 4 rings (SSSR count). The first-order valence-corrected chi connectivity index (χ1v) is 11.0. The number of nitriles is 1. The Bertz CT molecular complexity index is 924. The van der Waals surface area contributed by atoms with E-state index in [1.54, 1.807) is 17.0 Å². The molecule has 3 aliphatic rings. The van der Waals surface area contributed by atoms with Gasteiger partial charge in [0.05, 0.1) is 18.2 Å². The summed E-state index contributed by atoms with van der Waals surface area (Å²) in [7, 11) is 0. The molecule has 3 heterocycles. The van der Waals surface area contributed by atoms with E-state index in [0.29, 0.717) is 18.7 Å². The van der Waals surface area contributed by atoms with Crippen molar-refractivity contribution in [1.29, 1.82) is 5.26 Å². The Morgan fingerprint density at radius 1 is 1.26 bits per heavy atom. The van der Waals surface area contributed by atoms with Crippen LogP contribution in [0.4, 0.5) is 0 Å². The number of likely N-dealkylation sites (tertiary alicyclic amines) is 3. The number of nitrogens with zero attached hydrogens (tertiary/aromatic N) is 4. The molecular formula is C23H29N5O3. The van der Waals surface area contributed by atoms with Crippen LogP contribution in [-0.4, -0.2) is 70.2 Å². The molecule has 5 atom stereocenters. The average Bonchev–Trinajstić information content (AvgIpc) is 3.47. The van der Waals surface area contributed by atoms with E-state index in [1.807, 2.05) is 30.9 Å². The van der Waals surface area contributed by atoms with E-state index in [0.717, 1.165) is 31.4 Å². The van der Waals surface area contributed by atoms with Gasteiger partial charge in [0.15, 0.2) is 0 Å². The predicted octanol–water partition coefficient (Wildman–Crippen LogP) is 1.28. The van der Waals surface area contributed by atoms with Crippen molar-refractivity contribution in [2.45, 2.75) is 57.3 Å². The summed E-state index contributed by atoms with van der Waals surface area (Å²) >= 11 is 0. The number of primary amides is 1. The summed E-state index contributed by atoms with van der Waals surface area (Å²) in [6, 6.07) is 8.83. The number of rotatable bonds is 6. The number of fused-ring (bicyclic) bond motifs is 2. The fourth-order valence-electron chi connectivity index (χ4n) is 5.36. The number of piperazine rings is 1. The topological polar surface area (TPSA) is 111 Å². The van der Waals surface area contributed by atoms with Gasteiger partial charge in [-0.3, -0.25) is 19.3 Å². The SMILES string of the molecule is C[C@@H](CN1C[C@H]2C[C@@H]1C(=O)N2[C@@H](C)c1ccc(C(N)=O)cc1)C(=O)N1CCC[C@H]1C#N. The van der Waals surface area contributed by atoms with Crippen LogP contribution in [0.15, 0.2) is 24.3 Å². The number of amides is 3. The zero-order valence-electron chi connectivity index (χ0n) is 18.0. The van der Waals surface area contributed by atoms with Crippen molar-refractivity contribution in [1.82, 2.24) is 14.7 Å². The second-order valence-electron chi connectivity index (χ2n) is 8.99. The molecule has 0 aromatic heterocycles. The summed E-state index contributed by atoms with van der Waals surface area (Å²) < 4.78 is 0. The molecule has 3 saturated heterocycles.